The van der Waals surface area contributed by atoms with Gasteiger partial charge in [-0.25, -0.2) is 9.93 Å². The van der Waals surface area contributed by atoms with Gasteiger partial charge in [-0.05, 0) is 40.8 Å². The van der Waals surface area contributed by atoms with Crippen molar-refractivity contribution in [3.8, 4) is 0 Å². The van der Waals surface area contributed by atoms with E-state index in [1.54, 1.807) is 36.0 Å². The Bertz CT molecular complexity index is 1130. The van der Waals surface area contributed by atoms with Crippen molar-refractivity contribution in [1.82, 2.24) is 10.0 Å². The number of carbonyl (C=O) groups excluding carboxylic acids is 1. The van der Waals surface area contributed by atoms with Crippen LogP contribution in [0.25, 0.3) is 0 Å². The molecule has 33 heavy (non-hydrogen) atoms. The Labute approximate surface area is 204 Å². The SMILES string of the molecule is CC(C)(C)C1N=CC(CNC(=O)Nc2ccc(CNS(N)(=O)=O)cc2)(c2cccc(Cl)c2)S1. The molecule has 1 aliphatic heterocycles. The molecule has 11 heteroatoms. The highest BCUT2D eigenvalue weighted by Gasteiger charge is 2.43. The lowest BCUT2D eigenvalue weighted by Crippen LogP contribution is -2.41. The van der Waals surface area contributed by atoms with Gasteiger partial charge >= 0.3 is 6.03 Å². The number of nitrogens with two attached hydrogens (primary N) is 1. The Hall–Kier alpha value is -2.11. The maximum atomic E-state index is 12.6. The number of thioether (sulfide) groups is 1. The summed E-state index contributed by atoms with van der Waals surface area (Å²) in [6, 6.07) is 14.0. The standard InChI is InChI=1S/C22H28ClN5O3S2/c1-21(2,3)19-25-13-22(32-19,16-5-4-6-17(23)11-16)14-26-20(29)28-18-9-7-15(8-10-18)12-27-33(24,30)31/h4-11,13,19,27H,12,14H2,1-3H3,(H2,24,30,31)(H2,26,28,29). The lowest BCUT2D eigenvalue weighted by molar-refractivity contribution is 0.252. The van der Waals surface area contributed by atoms with Crippen LogP contribution in [0.1, 0.15) is 31.9 Å². The van der Waals surface area contributed by atoms with E-state index in [0.29, 0.717) is 22.8 Å². The summed E-state index contributed by atoms with van der Waals surface area (Å²) in [5, 5.41) is 11.3. The van der Waals surface area contributed by atoms with E-state index in [4.69, 9.17) is 21.7 Å². The van der Waals surface area contributed by atoms with Gasteiger partial charge in [0.05, 0.1) is 4.75 Å². The molecule has 0 spiro atoms. The van der Waals surface area contributed by atoms with Crippen LogP contribution in [0.2, 0.25) is 5.02 Å². The van der Waals surface area contributed by atoms with Gasteiger partial charge in [0.15, 0.2) is 0 Å². The van der Waals surface area contributed by atoms with E-state index in [9.17, 15) is 13.2 Å². The number of carbonyl (C=O) groups is 1. The van der Waals surface area contributed by atoms with Crippen LogP contribution in [0, 0.1) is 5.41 Å². The van der Waals surface area contributed by atoms with Crippen molar-refractivity contribution in [3.05, 3.63) is 64.7 Å². The number of amides is 2. The molecule has 0 saturated carbocycles. The fourth-order valence-corrected chi connectivity index (χ4v) is 5.18. The predicted octanol–water partition coefficient (Wildman–Crippen LogP) is 3.84. The van der Waals surface area contributed by atoms with Crippen molar-refractivity contribution in [3.63, 3.8) is 0 Å². The van der Waals surface area contributed by atoms with Gasteiger partial charge in [0.1, 0.15) is 5.37 Å². The first-order chi connectivity index (χ1) is 15.4. The monoisotopic (exact) mass is 509 g/mol. The maximum Gasteiger partial charge on any atom is 0.319 e. The molecule has 1 heterocycles. The molecule has 0 aromatic heterocycles. The second-order valence-corrected chi connectivity index (χ2v) is 12.1. The number of anilines is 1. The number of urea groups is 1. The van der Waals surface area contributed by atoms with Crippen molar-refractivity contribution in [1.29, 1.82) is 0 Å². The van der Waals surface area contributed by atoms with Crippen LogP contribution in [0.3, 0.4) is 0 Å². The van der Waals surface area contributed by atoms with Crippen molar-refractivity contribution < 1.29 is 13.2 Å². The molecule has 178 valence electrons. The summed E-state index contributed by atoms with van der Waals surface area (Å²) in [5.74, 6) is 0. The van der Waals surface area contributed by atoms with Crippen LogP contribution in [0.15, 0.2) is 53.5 Å². The van der Waals surface area contributed by atoms with Crippen molar-refractivity contribution >= 4 is 51.5 Å². The van der Waals surface area contributed by atoms with E-state index in [2.05, 4.69) is 36.1 Å². The number of rotatable bonds is 7. The van der Waals surface area contributed by atoms with E-state index in [1.165, 1.54) is 0 Å². The first kappa shape index (κ1) is 25.5. The number of hydrogen-bond acceptors (Lipinski definition) is 5. The van der Waals surface area contributed by atoms with Crippen LogP contribution in [-0.4, -0.2) is 32.6 Å². The van der Waals surface area contributed by atoms with Gasteiger partial charge in [-0.2, -0.15) is 13.1 Å². The molecule has 8 nitrogen and oxygen atoms in total. The maximum absolute atomic E-state index is 12.6. The lowest BCUT2D eigenvalue weighted by Gasteiger charge is -2.31. The minimum atomic E-state index is -3.76. The highest BCUT2D eigenvalue weighted by molar-refractivity contribution is 8.01. The second kappa shape index (κ2) is 10.0. The van der Waals surface area contributed by atoms with Gasteiger partial charge in [-0.15, -0.1) is 11.8 Å². The molecule has 2 atom stereocenters. The summed E-state index contributed by atoms with van der Waals surface area (Å²) in [5.41, 5.74) is 2.22. The Morgan fingerprint density at radius 3 is 2.48 bits per heavy atom. The second-order valence-electron chi connectivity index (χ2n) is 8.88. The van der Waals surface area contributed by atoms with Crippen LogP contribution >= 0.6 is 23.4 Å². The third-order valence-electron chi connectivity index (χ3n) is 5.00. The quantitative estimate of drug-likeness (QED) is 0.452. The van der Waals surface area contributed by atoms with Crippen LogP contribution in [0.5, 0.6) is 0 Å². The highest BCUT2D eigenvalue weighted by atomic mass is 35.5. The summed E-state index contributed by atoms with van der Waals surface area (Å²) in [6.07, 6.45) is 1.91. The predicted molar refractivity (Wildman–Crippen MR) is 136 cm³/mol. The minimum Gasteiger partial charge on any atom is -0.336 e. The van der Waals surface area contributed by atoms with Crippen LogP contribution in [-0.2, 0) is 21.5 Å². The third kappa shape index (κ3) is 7.18. The zero-order chi connectivity index (χ0) is 24.3. The Balaban J connectivity index is 1.66. The first-order valence-electron chi connectivity index (χ1n) is 10.3. The zero-order valence-corrected chi connectivity index (χ0v) is 21.0. The van der Waals surface area contributed by atoms with Gasteiger partial charge in [0.2, 0.25) is 0 Å². The topological polar surface area (TPSA) is 126 Å². The smallest absolute Gasteiger partial charge is 0.319 e. The Morgan fingerprint density at radius 1 is 1.21 bits per heavy atom. The van der Waals surface area contributed by atoms with Crippen molar-refractivity contribution in [2.45, 2.75) is 37.4 Å². The fourth-order valence-electron chi connectivity index (χ4n) is 3.21. The molecule has 2 unspecified atom stereocenters. The third-order valence-corrected chi connectivity index (χ3v) is 7.74. The number of nitrogens with zero attached hydrogens (tertiary/aromatic N) is 1. The molecule has 2 amide bonds. The average molecular weight is 510 g/mol. The molecule has 3 rings (SSSR count). The molecular formula is C22H28ClN5O3S2. The molecule has 2 aromatic rings. The largest absolute Gasteiger partial charge is 0.336 e. The minimum absolute atomic E-state index is 0.0381. The number of benzene rings is 2. The molecule has 0 radical (unpaired) electrons. The van der Waals surface area contributed by atoms with E-state index in [-0.39, 0.29) is 23.4 Å². The van der Waals surface area contributed by atoms with E-state index in [0.717, 1.165) is 5.56 Å². The van der Waals surface area contributed by atoms with Gasteiger partial charge in [-0.3, -0.25) is 4.99 Å². The molecule has 2 aromatic carbocycles. The average Bonchev–Trinajstić information content (AvgIpc) is 3.18. The summed E-state index contributed by atoms with van der Waals surface area (Å²) >= 11 is 7.94. The number of aliphatic imine (C=N–C) groups is 1. The highest BCUT2D eigenvalue weighted by Crippen LogP contribution is 2.48. The normalized spacial score (nSPS) is 20.6. The van der Waals surface area contributed by atoms with E-state index >= 15 is 0 Å². The fraction of sp³-hybridized carbons (Fsp3) is 0.364. The van der Waals surface area contributed by atoms with Crippen molar-refractivity contribution in [2.75, 3.05) is 11.9 Å². The molecular weight excluding hydrogens is 482 g/mol. The number of nitrogens with one attached hydrogen (secondary N) is 3. The van der Waals surface area contributed by atoms with Gasteiger partial charge < -0.3 is 10.6 Å². The van der Waals surface area contributed by atoms with E-state index in [1.807, 2.05) is 30.5 Å². The molecule has 0 aliphatic carbocycles. The lowest BCUT2D eigenvalue weighted by atomic mass is 9.96. The van der Waals surface area contributed by atoms with Gasteiger partial charge in [0, 0.05) is 30.0 Å². The summed E-state index contributed by atoms with van der Waals surface area (Å²) in [6.45, 7) is 6.81. The first-order valence-corrected chi connectivity index (χ1v) is 13.1. The summed E-state index contributed by atoms with van der Waals surface area (Å²) in [7, 11) is -3.76. The van der Waals surface area contributed by atoms with Crippen LogP contribution < -0.4 is 20.5 Å². The molecule has 0 saturated heterocycles. The number of halogens is 1. The van der Waals surface area contributed by atoms with Gasteiger partial charge in [0.25, 0.3) is 10.2 Å². The molecule has 5 N–H and O–H groups in total. The zero-order valence-electron chi connectivity index (χ0n) is 18.6. The molecule has 1 aliphatic rings. The molecule has 0 bridgehead atoms. The van der Waals surface area contributed by atoms with Gasteiger partial charge in [-0.1, -0.05) is 56.6 Å². The van der Waals surface area contributed by atoms with Crippen LogP contribution in [0.4, 0.5) is 10.5 Å². The van der Waals surface area contributed by atoms with E-state index < -0.39 is 15.0 Å². The number of hydrogen-bond donors (Lipinski definition) is 4. The van der Waals surface area contributed by atoms with Crippen molar-refractivity contribution in [2.24, 2.45) is 15.5 Å². The summed E-state index contributed by atoms with van der Waals surface area (Å²) in [4.78, 5) is 17.4. The Morgan fingerprint density at radius 2 is 1.91 bits per heavy atom. The Kier molecular flexibility index (Phi) is 7.75. The molecule has 0 fully saturated rings. The summed E-state index contributed by atoms with van der Waals surface area (Å²) < 4.78 is 23.7.